The smallest absolute Gasteiger partial charge is 0.253 e. The summed E-state index contributed by atoms with van der Waals surface area (Å²) in [5, 5.41) is 6.83. The number of nitrogens with one attached hydrogen (secondary N) is 2. The first-order chi connectivity index (χ1) is 9.54. The molecule has 5 heteroatoms. The van der Waals surface area contributed by atoms with E-state index in [1.165, 1.54) is 12.2 Å². The molecule has 1 aromatic rings. The summed E-state index contributed by atoms with van der Waals surface area (Å²) in [5.74, 6) is 1.13. The minimum Gasteiger partial charge on any atom is -0.385 e. The molecule has 1 aliphatic heterocycles. The lowest BCUT2D eigenvalue weighted by Gasteiger charge is -2.23. The number of anilines is 1. The topological polar surface area (TPSA) is 41.1 Å². The molecule has 1 atom stereocenters. The van der Waals surface area contributed by atoms with Crippen LogP contribution in [0.15, 0.2) is 18.2 Å². The zero-order chi connectivity index (χ0) is 14.6. The summed E-state index contributed by atoms with van der Waals surface area (Å²) >= 11 is 7.95. The predicted molar refractivity (Wildman–Crippen MR) is 88.0 cm³/mol. The van der Waals surface area contributed by atoms with Crippen molar-refractivity contribution < 1.29 is 4.79 Å². The fourth-order valence-corrected chi connectivity index (χ4v) is 3.80. The maximum atomic E-state index is 12.4. The second-order valence-electron chi connectivity index (χ2n) is 5.30. The molecule has 2 N–H and O–H groups in total. The molecule has 1 amide bonds. The molecular weight excluding hydrogens is 292 g/mol. The third-order valence-corrected chi connectivity index (χ3v) is 5.29. The Morgan fingerprint density at radius 2 is 2.30 bits per heavy atom. The van der Waals surface area contributed by atoms with Gasteiger partial charge in [-0.1, -0.05) is 11.6 Å². The molecular formula is C15H21ClN2OS. The number of rotatable bonds is 5. The van der Waals surface area contributed by atoms with Crippen LogP contribution >= 0.6 is 23.4 Å². The molecule has 0 bridgehead atoms. The summed E-state index contributed by atoms with van der Waals surface area (Å²) in [6.45, 7) is 5.70. The monoisotopic (exact) mass is 312 g/mol. The Kier molecular flexibility index (Phi) is 5.22. The molecule has 0 radical (unpaired) electrons. The molecule has 20 heavy (non-hydrogen) atoms. The Labute approximate surface area is 129 Å². The van der Waals surface area contributed by atoms with Crippen molar-refractivity contribution >= 4 is 35.0 Å². The Hall–Kier alpha value is -0.870. The van der Waals surface area contributed by atoms with E-state index in [-0.39, 0.29) is 10.7 Å². The van der Waals surface area contributed by atoms with E-state index < -0.39 is 0 Å². The van der Waals surface area contributed by atoms with Crippen LogP contribution in [0.5, 0.6) is 0 Å². The summed E-state index contributed by atoms with van der Waals surface area (Å²) in [4.78, 5) is 12.4. The van der Waals surface area contributed by atoms with Crippen molar-refractivity contribution in [1.29, 1.82) is 0 Å². The van der Waals surface area contributed by atoms with E-state index in [0.29, 0.717) is 17.1 Å². The molecule has 0 aliphatic carbocycles. The lowest BCUT2D eigenvalue weighted by atomic mass is 10.1. The minimum absolute atomic E-state index is 0.0582. The number of carbonyl (C=O) groups is 1. The van der Waals surface area contributed by atoms with Gasteiger partial charge < -0.3 is 10.6 Å². The molecule has 1 aromatic carbocycles. The van der Waals surface area contributed by atoms with Crippen molar-refractivity contribution in [2.75, 3.05) is 24.2 Å². The Balaban J connectivity index is 2.06. The highest BCUT2D eigenvalue weighted by atomic mass is 35.5. The third kappa shape index (κ3) is 3.83. The molecule has 1 saturated heterocycles. The van der Waals surface area contributed by atoms with Gasteiger partial charge in [0.25, 0.3) is 5.91 Å². The number of thioether (sulfide) groups is 1. The summed E-state index contributed by atoms with van der Waals surface area (Å²) in [7, 11) is 0. The Bertz CT molecular complexity index is 487. The highest BCUT2D eigenvalue weighted by molar-refractivity contribution is 8.00. The predicted octanol–water partition coefficient (Wildman–Crippen LogP) is 3.79. The van der Waals surface area contributed by atoms with Crippen molar-refractivity contribution in [3.63, 3.8) is 0 Å². The van der Waals surface area contributed by atoms with E-state index in [9.17, 15) is 4.79 Å². The fraction of sp³-hybridized carbons (Fsp3) is 0.533. The molecule has 110 valence electrons. The second-order valence-corrected chi connectivity index (χ2v) is 7.42. The van der Waals surface area contributed by atoms with Crippen LogP contribution in [0, 0.1) is 0 Å². The minimum atomic E-state index is -0.0582. The van der Waals surface area contributed by atoms with Crippen LogP contribution in [-0.4, -0.2) is 29.5 Å². The Morgan fingerprint density at radius 3 is 2.95 bits per heavy atom. The van der Waals surface area contributed by atoms with Crippen molar-refractivity contribution in [1.82, 2.24) is 5.32 Å². The van der Waals surface area contributed by atoms with Gasteiger partial charge in [-0.2, -0.15) is 11.8 Å². The molecule has 1 heterocycles. The fourth-order valence-electron chi connectivity index (χ4n) is 2.39. The zero-order valence-corrected chi connectivity index (χ0v) is 13.5. The van der Waals surface area contributed by atoms with Crippen LogP contribution in [0.3, 0.4) is 0 Å². The second kappa shape index (κ2) is 6.72. The van der Waals surface area contributed by atoms with Crippen molar-refractivity contribution in [2.24, 2.45) is 0 Å². The molecule has 0 spiro atoms. The van der Waals surface area contributed by atoms with Crippen LogP contribution in [0.25, 0.3) is 0 Å². The van der Waals surface area contributed by atoms with Gasteiger partial charge in [0.1, 0.15) is 0 Å². The summed E-state index contributed by atoms with van der Waals surface area (Å²) in [6.07, 6.45) is 2.39. The van der Waals surface area contributed by atoms with Gasteiger partial charge in [-0.25, -0.2) is 0 Å². The number of benzene rings is 1. The standard InChI is InChI=1S/C15H21ClN2OS/c1-3-17-13-6-5-11(16)9-12(13)14(19)18-10-15(2)7-4-8-20-15/h5-6,9,17H,3-4,7-8,10H2,1-2H3,(H,18,19). The lowest BCUT2D eigenvalue weighted by molar-refractivity contribution is 0.0950. The summed E-state index contributed by atoms with van der Waals surface area (Å²) in [6, 6.07) is 5.37. The van der Waals surface area contributed by atoms with Gasteiger partial charge in [-0.05, 0) is 50.6 Å². The molecule has 1 unspecified atom stereocenters. The van der Waals surface area contributed by atoms with Gasteiger partial charge in [-0.15, -0.1) is 0 Å². The average Bonchev–Trinajstić information content (AvgIpc) is 2.86. The van der Waals surface area contributed by atoms with E-state index in [1.54, 1.807) is 12.1 Å². The highest BCUT2D eigenvalue weighted by Crippen LogP contribution is 2.37. The summed E-state index contributed by atoms with van der Waals surface area (Å²) in [5.41, 5.74) is 1.45. The molecule has 0 saturated carbocycles. The van der Waals surface area contributed by atoms with Gasteiger partial charge >= 0.3 is 0 Å². The molecule has 2 rings (SSSR count). The largest absolute Gasteiger partial charge is 0.385 e. The van der Waals surface area contributed by atoms with Crippen LogP contribution in [0.1, 0.15) is 37.0 Å². The number of hydrogen-bond donors (Lipinski definition) is 2. The van der Waals surface area contributed by atoms with Gasteiger partial charge in [0, 0.05) is 28.5 Å². The number of amides is 1. The normalized spacial score (nSPS) is 21.8. The third-order valence-electron chi connectivity index (χ3n) is 3.52. The molecule has 1 aliphatic rings. The van der Waals surface area contributed by atoms with Crippen LogP contribution in [0.4, 0.5) is 5.69 Å². The molecule has 3 nitrogen and oxygen atoms in total. The van der Waals surface area contributed by atoms with Gasteiger partial charge in [0.2, 0.25) is 0 Å². The number of halogens is 1. The molecule has 0 aromatic heterocycles. The zero-order valence-electron chi connectivity index (χ0n) is 12.0. The van der Waals surface area contributed by atoms with Crippen LogP contribution < -0.4 is 10.6 Å². The van der Waals surface area contributed by atoms with E-state index in [0.717, 1.165) is 18.7 Å². The molecule has 1 fully saturated rings. The van der Waals surface area contributed by atoms with E-state index in [4.69, 9.17) is 11.6 Å². The van der Waals surface area contributed by atoms with Crippen molar-refractivity contribution in [2.45, 2.75) is 31.4 Å². The van der Waals surface area contributed by atoms with E-state index in [1.807, 2.05) is 24.8 Å². The SMILES string of the molecule is CCNc1ccc(Cl)cc1C(=O)NCC1(C)CCCS1. The number of hydrogen-bond acceptors (Lipinski definition) is 3. The van der Waals surface area contributed by atoms with E-state index >= 15 is 0 Å². The first kappa shape index (κ1) is 15.5. The maximum absolute atomic E-state index is 12.4. The first-order valence-corrected chi connectivity index (χ1v) is 8.36. The maximum Gasteiger partial charge on any atom is 0.253 e. The van der Waals surface area contributed by atoms with Gasteiger partial charge in [0.05, 0.1) is 5.56 Å². The number of carbonyl (C=O) groups excluding carboxylic acids is 1. The van der Waals surface area contributed by atoms with Crippen molar-refractivity contribution in [3.8, 4) is 0 Å². The average molecular weight is 313 g/mol. The summed E-state index contributed by atoms with van der Waals surface area (Å²) < 4.78 is 0.173. The Morgan fingerprint density at radius 1 is 1.50 bits per heavy atom. The van der Waals surface area contributed by atoms with Gasteiger partial charge in [-0.3, -0.25) is 4.79 Å². The lowest BCUT2D eigenvalue weighted by Crippen LogP contribution is -2.37. The van der Waals surface area contributed by atoms with E-state index in [2.05, 4.69) is 17.6 Å². The quantitative estimate of drug-likeness (QED) is 0.869. The first-order valence-electron chi connectivity index (χ1n) is 7.00. The van der Waals surface area contributed by atoms with Gasteiger partial charge in [0.15, 0.2) is 0 Å². The highest BCUT2D eigenvalue weighted by Gasteiger charge is 2.30. The van der Waals surface area contributed by atoms with Crippen LogP contribution in [-0.2, 0) is 0 Å². The van der Waals surface area contributed by atoms with Crippen LogP contribution in [0.2, 0.25) is 5.02 Å². The van der Waals surface area contributed by atoms with Crippen molar-refractivity contribution in [3.05, 3.63) is 28.8 Å².